The minimum absolute atomic E-state index is 0.310. The zero-order valence-electron chi connectivity index (χ0n) is 9.01. The molecule has 0 aliphatic rings. The van der Waals surface area contributed by atoms with Crippen molar-refractivity contribution in [3.8, 4) is 0 Å². The van der Waals surface area contributed by atoms with Crippen LogP contribution < -0.4 is 0 Å². The van der Waals surface area contributed by atoms with E-state index in [1.165, 1.54) is 0 Å². The number of aromatic carboxylic acids is 1. The van der Waals surface area contributed by atoms with E-state index in [0.29, 0.717) is 12.2 Å². The van der Waals surface area contributed by atoms with E-state index in [9.17, 15) is 4.79 Å². The van der Waals surface area contributed by atoms with Gasteiger partial charge in [-0.25, -0.2) is 4.79 Å². The van der Waals surface area contributed by atoms with Gasteiger partial charge in [0.2, 0.25) is 0 Å². The summed E-state index contributed by atoms with van der Waals surface area (Å²) in [6, 6.07) is 7.09. The Morgan fingerprint density at radius 3 is 2.94 bits per heavy atom. The Balaban J connectivity index is 2.43. The third kappa shape index (κ3) is 1.92. The zero-order valence-corrected chi connectivity index (χ0v) is 9.01. The van der Waals surface area contributed by atoms with Gasteiger partial charge in [-0.05, 0) is 23.6 Å². The minimum Gasteiger partial charge on any atom is -0.478 e. The summed E-state index contributed by atoms with van der Waals surface area (Å²) >= 11 is 0. The number of benzene rings is 1. The lowest BCUT2D eigenvalue weighted by atomic mass is 10.2. The van der Waals surface area contributed by atoms with Crippen LogP contribution in [-0.4, -0.2) is 29.4 Å². The molecule has 0 saturated carbocycles. The molecule has 1 aromatic heterocycles. The Bertz CT molecular complexity index is 516. The van der Waals surface area contributed by atoms with Gasteiger partial charge in [-0.15, -0.1) is 0 Å². The molecule has 16 heavy (non-hydrogen) atoms. The Hall–Kier alpha value is -1.81. The lowest BCUT2D eigenvalue weighted by Crippen LogP contribution is -2.03. The van der Waals surface area contributed by atoms with Crippen LogP contribution in [0.1, 0.15) is 10.4 Å². The molecule has 84 valence electrons. The number of methoxy groups -OCH3 is 1. The number of hydrogen-bond donors (Lipinski definition) is 1. The summed E-state index contributed by atoms with van der Waals surface area (Å²) in [6.07, 6.45) is 1.94. The third-order valence-corrected chi connectivity index (χ3v) is 2.56. The van der Waals surface area contributed by atoms with Crippen molar-refractivity contribution in [1.29, 1.82) is 0 Å². The van der Waals surface area contributed by atoms with Crippen molar-refractivity contribution < 1.29 is 14.6 Å². The van der Waals surface area contributed by atoms with Crippen LogP contribution in [0.15, 0.2) is 30.5 Å². The average Bonchev–Trinajstić information content (AvgIpc) is 2.68. The molecule has 0 aliphatic heterocycles. The number of carboxylic acid groups (broad SMARTS) is 1. The average molecular weight is 219 g/mol. The van der Waals surface area contributed by atoms with Gasteiger partial charge in [0.1, 0.15) is 0 Å². The molecule has 0 aliphatic carbocycles. The fourth-order valence-electron chi connectivity index (χ4n) is 1.70. The maximum atomic E-state index is 10.9. The number of aromatic nitrogens is 1. The highest BCUT2D eigenvalue weighted by Gasteiger charge is 2.06. The first-order valence-electron chi connectivity index (χ1n) is 5.03. The molecule has 2 aromatic rings. The van der Waals surface area contributed by atoms with E-state index in [0.717, 1.165) is 17.4 Å². The van der Waals surface area contributed by atoms with Gasteiger partial charge in [-0.1, -0.05) is 6.07 Å². The maximum absolute atomic E-state index is 10.9. The summed E-state index contributed by atoms with van der Waals surface area (Å²) in [6.45, 7) is 1.34. The molecular formula is C12H13NO3. The van der Waals surface area contributed by atoms with Crippen molar-refractivity contribution in [3.05, 3.63) is 36.0 Å². The maximum Gasteiger partial charge on any atom is 0.335 e. The van der Waals surface area contributed by atoms with Crippen LogP contribution in [-0.2, 0) is 11.3 Å². The number of nitrogens with zero attached hydrogens (tertiary/aromatic N) is 1. The second-order valence-electron chi connectivity index (χ2n) is 3.58. The quantitative estimate of drug-likeness (QED) is 0.855. The number of rotatable bonds is 4. The SMILES string of the molecule is COCCn1ccc2ccc(C(=O)O)cc21. The van der Waals surface area contributed by atoms with Crippen LogP contribution in [0.5, 0.6) is 0 Å². The number of carbonyl (C=O) groups is 1. The minimum atomic E-state index is -0.901. The smallest absolute Gasteiger partial charge is 0.335 e. The highest BCUT2D eigenvalue weighted by atomic mass is 16.5. The molecule has 0 atom stereocenters. The molecule has 0 unspecified atom stereocenters. The van der Waals surface area contributed by atoms with E-state index in [-0.39, 0.29) is 0 Å². The molecule has 0 radical (unpaired) electrons. The summed E-state index contributed by atoms with van der Waals surface area (Å²) in [7, 11) is 1.65. The fourth-order valence-corrected chi connectivity index (χ4v) is 1.70. The number of ether oxygens (including phenoxy) is 1. The van der Waals surface area contributed by atoms with Crippen LogP contribution >= 0.6 is 0 Å². The first-order chi connectivity index (χ1) is 7.72. The van der Waals surface area contributed by atoms with E-state index in [1.54, 1.807) is 19.2 Å². The highest BCUT2D eigenvalue weighted by Crippen LogP contribution is 2.17. The molecule has 0 bridgehead atoms. The van der Waals surface area contributed by atoms with Gasteiger partial charge in [0.05, 0.1) is 12.2 Å². The standard InChI is InChI=1S/C12H13NO3/c1-16-7-6-13-5-4-9-2-3-10(12(14)15)8-11(9)13/h2-5,8H,6-7H2,1H3,(H,14,15). The molecule has 1 N–H and O–H groups in total. The highest BCUT2D eigenvalue weighted by molar-refractivity contribution is 5.93. The Morgan fingerprint density at radius 2 is 2.25 bits per heavy atom. The van der Waals surface area contributed by atoms with Gasteiger partial charge in [-0.3, -0.25) is 0 Å². The van der Waals surface area contributed by atoms with Crippen molar-refractivity contribution in [1.82, 2.24) is 4.57 Å². The Morgan fingerprint density at radius 1 is 1.44 bits per heavy atom. The molecule has 0 amide bonds. The van der Waals surface area contributed by atoms with Crippen molar-refractivity contribution in [2.24, 2.45) is 0 Å². The van der Waals surface area contributed by atoms with Gasteiger partial charge < -0.3 is 14.4 Å². The first kappa shape index (κ1) is 10.7. The van der Waals surface area contributed by atoms with Crippen molar-refractivity contribution >= 4 is 16.9 Å². The van der Waals surface area contributed by atoms with Gasteiger partial charge in [0.25, 0.3) is 0 Å². The van der Waals surface area contributed by atoms with Gasteiger partial charge in [-0.2, -0.15) is 0 Å². The van der Waals surface area contributed by atoms with Gasteiger partial charge >= 0.3 is 5.97 Å². The van der Waals surface area contributed by atoms with Crippen LogP contribution in [0.3, 0.4) is 0 Å². The Labute approximate surface area is 93.1 Å². The summed E-state index contributed by atoms with van der Waals surface area (Å²) < 4.78 is 7.00. The van der Waals surface area contributed by atoms with E-state index >= 15 is 0 Å². The van der Waals surface area contributed by atoms with Crippen LogP contribution in [0.25, 0.3) is 10.9 Å². The van der Waals surface area contributed by atoms with Crippen molar-refractivity contribution in [3.63, 3.8) is 0 Å². The number of fused-ring (bicyclic) bond motifs is 1. The molecule has 1 heterocycles. The van der Waals surface area contributed by atoms with Crippen molar-refractivity contribution in [2.45, 2.75) is 6.54 Å². The predicted octanol–water partition coefficient (Wildman–Crippen LogP) is 1.99. The normalized spacial score (nSPS) is 10.8. The van der Waals surface area contributed by atoms with Gasteiger partial charge in [0, 0.05) is 25.4 Å². The topological polar surface area (TPSA) is 51.5 Å². The number of hydrogen-bond acceptors (Lipinski definition) is 2. The second-order valence-corrected chi connectivity index (χ2v) is 3.58. The van der Waals surface area contributed by atoms with Gasteiger partial charge in [0.15, 0.2) is 0 Å². The largest absolute Gasteiger partial charge is 0.478 e. The van der Waals surface area contributed by atoms with E-state index in [2.05, 4.69) is 0 Å². The lowest BCUT2D eigenvalue weighted by molar-refractivity contribution is 0.0697. The molecule has 4 heteroatoms. The molecule has 1 aromatic carbocycles. The monoisotopic (exact) mass is 219 g/mol. The first-order valence-corrected chi connectivity index (χ1v) is 5.03. The summed E-state index contributed by atoms with van der Waals surface area (Å²) in [5, 5.41) is 9.96. The van der Waals surface area contributed by atoms with Crippen LogP contribution in [0.4, 0.5) is 0 Å². The summed E-state index contributed by atoms with van der Waals surface area (Å²) in [4.78, 5) is 10.9. The molecule has 2 rings (SSSR count). The summed E-state index contributed by atoms with van der Waals surface area (Å²) in [5.74, 6) is -0.901. The molecular weight excluding hydrogens is 206 g/mol. The van der Waals surface area contributed by atoms with E-state index in [4.69, 9.17) is 9.84 Å². The molecule has 0 fully saturated rings. The molecule has 4 nitrogen and oxygen atoms in total. The fraction of sp³-hybridized carbons (Fsp3) is 0.250. The predicted molar refractivity (Wildman–Crippen MR) is 60.8 cm³/mol. The van der Waals surface area contributed by atoms with E-state index < -0.39 is 5.97 Å². The summed E-state index contributed by atoms with van der Waals surface area (Å²) in [5.41, 5.74) is 1.24. The van der Waals surface area contributed by atoms with Crippen LogP contribution in [0, 0.1) is 0 Å². The second kappa shape index (κ2) is 4.37. The molecule has 0 spiro atoms. The molecule has 0 saturated heterocycles. The van der Waals surface area contributed by atoms with Crippen LogP contribution in [0.2, 0.25) is 0 Å². The lowest BCUT2D eigenvalue weighted by Gasteiger charge is -2.04. The Kier molecular flexibility index (Phi) is 2.92. The third-order valence-electron chi connectivity index (χ3n) is 2.56. The number of carboxylic acids is 1. The van der Waals surface area contributed by atoms with Crippen molar-refractivity contribution in [2.75, 3.05) is 13.7 Å². The zero-order chi connectivity index (χ0) is 11.5. The van der Waals surface area contributed by atoms with E-state index in [1.807, 2.05) is 22.9 Å².